The highest BCUT2D eigenvalue weighted by atomic mass is 16.2. The second-order valence-corrected chi connectivity index (χ2v) is 6.37. The Kier molecular flexibility index (Phi) is 4.90. The predicted octanol–water partition coefficient (Wildman–Crippen LogP) is 4.17. The Morgan fingerprint density at radius 2 is 1.80 bits per heavy atom. The molecule has 2 amide bonds. The van der Waals surface area contributed by atoms with Crippen molar-refractivity contribution in [3.63, 3.8) is 0 Å². The molecule has 0 radical (unpaired) electrons. The first kappa shape index (κ1) is 15.1. The smallest absolute Gasteiger partial charge is 0.323 e. The van der Waals surface area contributed by atoms with Crippen LogP contribution >= 0.6 is 0 Å². The van der Waals surface area contributed by atoms with E-state index in [9.17, 15) is 4.79 Å². The fourth-order valence-corrected chi connectivity index (χ4v) is 3.46. The van der Waals surface area contributed by atoms with Crippen molar-refractivity contribution < 1.29 is 4.79 Å². The first-order valence-electron chi connectivity index (χ1n) is 7.86. The molecule has 0 aliphatic heterocycles. The Morgan fingerprint density at radius 1 is 1.15 bits per heavy atom. The monoisotopic (exact) mass is 276 g/mol. The molecule has 0 N–H and O–H groups in total. The zero-order valence-corrected chi connectivity index (χ0v) is 13.4. The molecule has 0 aromatic heterocycles. The summed E-state index contributed by atoms with van der Waals surface area (Å²) in [6, 6.07) is 0.479. The standard InChI is InChI=1S/C17H28N2O/c1-13-9-5-7-11-15(13)18(3)17(20)19(4)16-12-8-6-10-14(16)2/h5,7,13,15H,6,8-12H2,1-4H3. The second-order valence-electron chi connectivity index (χ2n) is 6.37. The minimum absolute atomic E-state index is 0.147. The lowest BCUT2D eigenvalue weighted by atomic mass is 9.90. The average Bonchev–Trinajstić information content (AvgIpc) is 2.46. The van der Waals surface area contributed by atoms with E-state index in [0.717, 1.165) is 25.7 Å². The topological polar surface area (TPSA) is 23.6 Å². The number of nitrogens with zero attached hydrogens (tertiary/aromatic N) is 2. The summed E-state index contributed by atoms with van der Waals surface area (Å²) >= 11 is 0. The van der Waals surface area contributed by atoms with Crippen molar-refractivity contribution >= 4 is 6.03 Å². The van der Waals surface area contributed by atoms with Crippen LogP contribution in [0, 0.1) is 5.92 Å². The summed E-state index contributed by atoms with van der Waals surface area (Å²) in [5.74, 6) is 0.545. The van der Waals surface area contributed by atoms with Gasteiger partial charge in [0.2, 0.25) is 0 Å². The quantitative estimate of drug-likeness (QED) is 0.694. The first-order chi connectivity index (χ1) is 9.52. The van der Waals surface area contributed by atoms with Gasteiger partial charge in [-0.1, -0.05) is 24.6 Å². The van der Waals surface area contributed by atoms with E-state index in [4.69, 9.17) is 0 Å². The van der Waals surface area contributed by atoms with Crippen molar-refractivity contribution in [2.24, 2.45) is 5.92 Å². The molecule has 112 valence electrons. The molecule has 2 unspecified atom stereocenters. The number of allylic oxidation sites excluding steroid dienone is 3. The Morgan fingerprint density at radius 3 is 2.45 bits per heavy atom. The third-order valence-electron chi connectivity index (χ3n) is 4.91. The van der Waals surface area contributed by atoms with Crippen LogP contribution < -0.4 is 0 Å². The lowest BCUT2D eigenvalue weighted by molar-refractivity contribution is 0.144. The molecule has 2 atom stereocenters. The highest BCUT2D eigenvalue weighted by molar-refractivity contribution is 5.76. The third-order valence-corrected chi connectivity index (χ3v) is 4.91. The van der Waals surface area contributed by atoms with E-state index < -0.39 is 0 Å². The summed E-state index contributed by atoms with van der Waals surface area (Å²) in [6.45, 7) is 4.41. The van der Waals surface area contributed by atoms with Crippen LogP contribution in [0.5, 0.6) is 0 Å². The molecule has 2 rings (SSSR count). The molecule has 0 saturated carbocycles. The van der Waals surface area contributed by atoms with Crippen molar-refractivity contribution in [2.75, 3.05) is 14.1 Å². The average molecular weight is 276 g/mol. The second kappa shape index (κ2) is 6.47. The van der Waals surface area contributed by atoms with Gasteiger partial charge in [0.05, 0.1) is 0 Å². The molecule has 2 aliphatic rings. The van der Waals surface area contributed by atoms with Crippen LogP contribution in [0.2, 0.25) is 0 Å². The molecule has 0 saturated heterocycles. The van der Waals surface area contributed by atoms with Gasteiger partial charge in [-0.25, -0.2) is 4.79 Å². The molecule has 20 heavy (non-hydrogen) atoms. The lowest BCUT2D eigenvalue weighted by Gasteiger charge is -2.37. The van der Waals surface area contributed by atoms with Crippen LogP contribution in [0.4, 0.5) is 4.79 Å². The van der Waals surface area contributed by atoms with Crippen LogP contribution in [0.3, 0.4) is 0 Å². The van der Waals surface area contributed by atoms with Crippen LogP contribution in [0.15, 0.2) is 23.4 Å². The highest BCUT2D eigenvalue weighted by Gasteiger charge is 2.29. The van der Waals surface area contributed by atoms with Crippen LogP contribution in [-0.4, -0.2) is 36.0 Å². The summed E-state index contributed by atoms with van der Waals surface area (Å²) in [5, 5.41) is 0. The third kappa shape index (κ3) is 3.08. The van der Waals surface area contributed by atoms with Gasteiger partial charge in [-0.2, -0.15) is 0 Å². The van der Waals surface area contributed by atoms with Gasteiger partial charge in [0.25, 0.3) is 0 Å². The molecule has 2 aliphatic carbocycles. The number of carbonyl (C=O) groups excluding carboxylic acids is 1. The number of carbonyl (C=O) groups is 1. The fourth-order valence-electron chi connectivity index (χ4n) is 3.46. The van der Waals surface area contributed by atoms with Gasteiger partial charge in [0.15, 0.2) is 0 Å². The van der Waals surface area contributed by atoms with Crippen molar-refractivity contribution in [3.05, 3.63) is 23.4 Å². The molecular formula is C17H28N2O. The summed E-state index contributed by atoms with van der Waals surface area (Å²) in [6.07, 6.45) is 11.1. The van der Waals surface area contributed by atoms with Crippen molar-refractivity contribution in [3.8, 4) is 0 Å². The highest BCUT2D eigenvalue weighted by Crippen LogP contribution is 2.28. The number of hydrogen-bond donors (Lipinski definition) is 0. The Labute approximate surface area is 123 Å². The summed E-state index contributed by atoms with van der Waals surface area (Å²) in [4.78, 5) is 16.6. The van der Waals surface area contributed by atoms with E-state index >= 15 is 0 Å². The molecule has 3 nitrogen and oxygen atoms in total. The zero-order chi connectivity index (χ0) is 14.7. The predicted molar refractivity (Wildman–Crippen MR) is 83.4 cm³/mol. The van der Waals surface area contributed by atoms with E-state index in [1.165, 1.54) is 24.1 Å². The molecule has 0 spiro atoms. The van der Waals surface area contributed by atoms with Gasteiger partial charge >= 0.3 is 6.03 Å². The van der Waals surface area contributed by atoms with E-state index in [-0.39, 0.29) is 6.03 Å². The molecule has 0 fully saturated rings. The maximum atomic E-state index is 12.7. The van der Waals surface area contributed by atoms with Gasteiger partial charge in [0.1, 0.15) is 0 Å². The van der Waals surface area contributed by atoms with E-state index in [1.54, 1.807) is 0 Å². The Hall–Kier alpha value is -1.25. The molecule has 0 aromatic rings. The summed E-state index contributed by atoms with van der Waals surface area (Å²) < 4.78 is 0. The van der Waals surface area contributed by atoms with Gasteiger partial charge < -0.3 is 9.80 Å². The molecular weight excluding hydrogens is 248 g/mol. The van der Waals surface area contributed by atoms with Crippen LogP contribution in [-0.2, 0) is 0 Å². The van der Waals surface area contributed by atoms with Gasteiger partial charge in [0, 0.05) is 25.8 Å². The van der Waals surface area contributed by atoms with Gasteiger partial charge in [-0.15, -0.1) is 0 Å². The SMILES string of the molecule is CC1=C(N(C)C(=O)N(C)C2CC=CCC2C)CCCC1. The molecule has 0 aromatic carbocycles. The minimum atomic E-state index is 0.147. The number of urea groups is 1. The van der Waals surface area contributed by atoms with Gasteiger partial charge in [-0.3, -0.25) is 0 Å². The maximum absolute atomic E-state index is 12.7. The normalized spacial score (nSPS) is 26.6. The molecule has 3 heteroatoms. The minimum Gasteiger partial charge on any atom is -0.324 e. The fraction of sp³-hybridized carbons (Fsp3) is 0.706. The molecule has 0 heterocycles. The van der Waals surface area contributed by atoms with E-state index in [0.29, 0.717) is 12.0 Å². The summed E-state index contributed by atoms with van der Waals surface area (Å²) in [7, 11) is 3.89. The van der Waals surface area contributed by atoms with Crippen molar-refractivity contribution in [1.29, 1.82) is 0 Å². The van der Waals surface area contributed by atoms with E-state index in [1.807, 2.05) is 23.9 Å². The zero-order valence-electron chi connectivity index (χ0n) is 13.4. The van der Waals surface area contributed by atoms with Gasteiger partial charge in [-0.05, 0) is 51.4 Å². The van der Waals surface area contributed by atoms with Crippen LogP contribution in [0.25, 0.3) is 0 Å². The Balaban J connectivity index is 2.08. The molecule has 0 bridgehead atoms. The first-order valence-corrected chi connectivity index (χ1v) is 7.86. The number of amides is 2. The van der Waals surface area contributed by atoms with Crippen molar-refractivity contribution in [1.82, 2.24) is 9.80 Å². The van der Waals surface area contributed by atoms with Crippen LogP contribution in [0.1, 0.15) is 52.4 Å². The van der Waals surface area contributed by atoms with Crippen molar-refractivity contribution in [2.45, 2.75) is 58.4 Å². The maximum Gasteiger partial charge on any atom is 0.323 e. The number of hydrogen-bond acceptors (Lipinski definition) is 1. The Bertz CT molecular complexity index is 425. The largest absolute Gasteiger partial charge is 0.324 e. The van der Waals surface area contributed by atoms with E-state index in [2.05, 4.69) is 26.0 Å². The number of rotatable bonds is 2. The lowest BCUT2D eigenvalue weighted by Crippen LogP contribution is -2.47. The summed E-state index contributed by atoms with van der Waals surface area (Å²) in [5.41, 5.74) is 2.63.